The van der Waals surface area contributed by atoms with Crippen molar-refractivity contribution < 1.29 is 9.21 Å². The lowest BCUT2D eigenvalue weighted by molar-refractivity contribution is 0.102. The molecule has 0 fully saturated rings. The van der Waals surface area contributed by atoms with E-state index in [0.717, 1.165) is 21.3 Å². The fraction of sp³-hybridized carbons (Fsp3) is 0.150. The number of hydrogen-bond acceptors (Lipinski definition) is 2. The Morgan fingerprint density at radius 3 is 2.38 bits per heavy atom. The molecule has 2 aromatic carbocycles. The Kier molecular flexibility index (Phi) is 4.58. The Morgan fingerprint density at radius 2 is 1.71 bits per heavy atom. The topological polar surface area (TPSA) is 42.2 Å². The van der Waals surface area contributed by atoms with E-state index in [2.05, 4.69) is 21.2 Å². The van der Waals surface area contributed by atoms with E-state index in [1.165, 1.54) is 5.56 Å². The normalized spacial score (nSPS) is 10.7. The van der Waals surface area contributed by atoms with Gasteiger partial charge >= 0.3 is 0 Å². The molecule has 0 aliphatic carbocycles. The number of carbonyl (C=O) groups is 1. The minimum absolute atomic E-state index is 0.161. The van der Waals surface area contributed by atoms with E-state index in [-0.39, 0.29) is 5.91 Å². The molecule has 3 nitrogen and oxygen atoms in total. The van der Waals surface area contributed by atoms with E-state index in [9.17, 15) is 4.79 Å². The zero-order chi connectivity index (χ0) is 17.3. The number of furan rings is 1. The van der Waals surface area contributed by atoms with Crippen molar-refractivity contribution in [2.75, 3.05) is 5.32 Å². The average Bonchev–Trinajstić information content (AvgIpc) is 2.93. The van der Waals surface area contributed by atoms with Crippen molar-refractivity contribution in [3.05, 3.63) is 75.5 Å². The van der Waals surface area contributed by atoms with E-state index in [0.29, 0.717) is 17.1 Å². The van der Waals surface area contributed by atoms with Crippen LogP contribution in [-0.4, -0.2) is 5.91 Å². The zero-order valence-corrected chi connectivity index (χ0v) is 15.4. The Bertz CT molecular complexity index is 895. The lowest BCUT2D eigenvalue weighted by Crippen LogP contribution is -2.13. The van der Waals surface area contributed by atoms with Crippen molar-refractivity contribution in [1.29, 1.82) is 0 Å². The number of carbonyl (C=O) groups excluding carboxylic acids is 1. The van der Waals surface area contributed by atoms with Gasteiger partial charge in [0.15, 0.2) is 0 Å². The van der Waals surface area contributed by atoms with E-state index in [1.807, 2.05) is 56.3 Å². The van der Waals surface area contributed by atoms with Crippen molar-refractivity contribution in [2.24, 2.45) is 0 Å². The Hall–Kier alpha value is -2.33. The first-order chi connectivity index (χ1) is 11.4. The smallest absolute Gasteiger partial charge is 0.259 e. The fourth-order valence-corrected chi connectivity index (χ4v) is 2.87. The summed E-state index contributed by atoms with van der Waals surface area (Å²) >= 11 is 3.42. The maximum atomic E-state index is 12.6. The molecule has 0 atom stereocenters. The van der Waals surface area contributed by atoms with Crippen LogP contribution in [0.3, 0.4) is 0 Å². The third-order valence-corrected chi connectivity index (χ3v) is 4.45. The fourth-order valence-electron chi connectivity index (χ4n) is 2.61. The standard InChI is InChI=1S/C20H18BrNO2/c1-12-4-9-18(13(2)10-12)22-20(23)17-11-19(24-14(17)3)15-5-7-16(21)8-6-15/h4-11H,1-3H3,(H,22,23). The second-order valence-corrected chi connectivity index (χ2v) is 6.78. The van der Waals surface area contributed by atoms with Crippen LogP contribution in [0.1, 0.15) is 27.2 Å². The van der Waals surface area contributed by atoms with Crippen LogP contribution in [0.2, 0.25) is 0 Å². The molecule has 4 heteroatoms. The molecule has 1 amide bonds. The van der Waals surface area contributed by atoms with Gasteiger partial charge in [0.2, 0.25) is 0 Å². The second kappa shape index (κ2) is 6.65. The summed E-state index contributed by atoms with van der Waals surface area (Å²) < 4.78 is 6.77. The molecule has 1 heterocycles. The van der Waals surface area contributed by atoms with E-state index >= 15 is 0 Å². The number of nitrogens with one attached hydrogen (secondary N) is 1. The quantitative estimate of drug-likeness (QED) is 0.612. The van der Waals surface area contributed by atoms with Gasteiger partial charge in [0.1, 0.15) is 11.5 Å². The van der Waals surface area contributed by atoms with Gasteiger partial charge in [-0.15, -0.1) is 0 Å². The minimum atomic E-state index is -0.161. The SMILES string of the molecule is Cc1ccc(NC(=O)c2cc(-c3ccc(Br)cc3)oc2C)c(C)c1. The summed E-state index contributed by atoms with van der Waals surface area (Å²) in [5.41, 5.74) is 4.51. The summed E-state index contributed by atoms with van der Waals surface area (Å²) in [5, 5.41) is 2.96. The van der Waals surface area contributed by atoms with Crippen molar-refractivity contribution in [1.82, 2.24) is 0 Å². The van der Waals surface area contributed by atoms with Gasteiger partial charge < -0.3 is 9.73 Å². The summed E-state index contributed by atoms with van der Waals surface area (Å²) in [6.45, 7) is 5.82. The maximum absolute atomic E-state index is 12.6. The Labute approximate surface area is 149 Å². The van der Waals surface area contributed by atoms with E-state index in [4.69, 9.17) is 4.42 Å². The number of rotatable bonds is 3. The highest BCUT2D eigenvalue weighted by Crippen LogP contribution is 2.27. The molecule has 122 valence electrons. The molecule has 1 N–H and O–H groups in total. The second-order valence-electron chi connectivity index (χ2n) is 5.86. The summed E-state index contributed by atoms with van der Waals surface area (Å²) in [6, 6.07) is 15.5. The molecular formula is C20H18BrNO2. The highest BCUT2D eigenvalue weighted by atomic mass is 79.9. The first kappa shape index (κ1) is 16.5. The number of benzene rings is 2. The molecule has 0 unspecified atom stereocenters. The van der Waals surface area contributed by atoms with Crippen molar-refractivity contribution in [3.63, 3.8) is 0 Å². The van der Waals surface area contributed by atoms with Gasteiger partial charge in [-0.25, -0.2) is 0 Å². The van der Waals surface area contributed by atoms with Crippen LogP contribution < -0.4 is 5.32 Å². The highest BCUT2D eigenvalue weighted by Gasteiger charge is 2.16. The molecular weight excluding hydrogens is 366 g/mol. The highest BCUT2D eigenvalue weighted by molar-refractivity contribution is 9.10. The molecule has 0 bridgehead atoms. The Morgan fingerprint density at radius 1 is 1.00 bits per heavy atom. The first-order valence-electron chi connectivity index (χ1n) is 7.69. The molecule has 3 aromatic rings. The zero-order valence-electron chi connectivity index (χ0n) is 13.8. The van der Waals surface area contributed by atoms with Crippen LogP contribution in [0, 0.1) is 20.8 Å². The van der Waals surface area contributed by atoms with Crippen molar-refractivity contribution in [3.8, 4) is 11.3 Å². The minimum Gasteiger partial charge on any atom is -0.461 e. The van der Waals surface area contributed by atoms with Crippen LogP contribution in [0.5, 0.6) is 0 Å². The van der Waals surface area contributed by atoms with Crippen LogP contribution in [-0.2, 0) is 0 Å². The molecule has 1 aromatic heterocycles. The van der Waals surface area contributed by atoms with Gasteiger partial charge in [-0.2, -0.15) is 0 Å². The largest absolute Gasteiger partial charge is 0.461 e. The molecule has 0 radical (unpaired) electrons. The predicted octanol–water partition coefficient (Wildman–Crippen LogP) is 5.89. The lowest BCUT2D eigenvalue weighted by atomic mass is 10.1. The number of hydrogen-bond donors (Lipinski definition) is 1. The summed E-state index contributed by atoms with van der Waals surface area (Å²) in [4.78, 5) is 12.6. The van der Waals surface area contributed by atoms with Crippen LogP contribution >= 0.6 is 15.9 Å². The summed E-state index contributed by atoms with van der Waals surface area (Å²) in [7, 11) is 0. The maximum Gasteiger partial charge on any atom is 0.259 e. The summed E-state index contributed by atoms with van der Waals surface area (Å²) in [5.74, 6) is 1.13. The Balaban J connectivity index is 1.86. The summed E-state index contributed by atoms with van der Waals surface area (Å²) in [6.07, 6.45) is 0. The van der Waals surface area contributed by atoms with Gasteiger partial charge in [-0.3, -0.25) is 4.79 Å². The van der Waals surface area contributed by atoms with Crippen LogP contribution in [0.4, 0.5) is 5.69 Å². The average molecular weight is 384 g/mol. The first-order valence-corrected chi connectivity index (χ1v) is 8.48. The number of aryl methyl sites for hydroxylation is 3. The third-order valence-electron chi connectivity index (χ3n) is 3.92. The van der Waals surface area contributed by atoms with Crippen molar-refractivity contribution >= 4 is 27.5 Å². The molecule has 0 aliphatic rings. The van der Waals surface area contributed by atoms with Gasteiger partial charge in [-0.05, 0) is 50.6 Å². The number of amides is 1. The molecule has 0 aliphatic heterocycles. The third kappa shape index (κ3) is 3.44. The van der Waals surface area contributed by atoms with Crippen LogP contribution in [0.25, 0.3) is 11.3 Å². The molecule has 24 heavy (non-hydrogen) atoms. The number of anilines is 1. The lowest BCUT2D eigenvalue weighted by Gasteiger charge is -2.08. The van der Waals surface area contributed by atoms with Gasteiger partial charge in [-0.1, -0.05) is 45.8 Å². The van der Waals surface area contributed by atoms with E-state index in [1.54, 1.807) is 13.0 Å². The number of halogens is 1. The molecule has 0 saturated heterocycles. The van der Waals surface area contributed by atoms with E-state index < -0.39 is 0 Å². The monoisotopic (exact) mass is 383 g/mol. The molecule has 0 spiro atoms. The predicted molar refractivity (Wildman–Crippen MR) is 100 cm³/mol. The van der Waals surface area contributed by atoms with Gasteiger partial charge in [0.25, 0.3) is 5.91 Å². The van der Waals surface area contributed by atoms with Gasteiger partial charge in [0.05, 0.1) is 5.56 Å². The molecule has 3 rings (SSSR count). The van der Waals surface area contributed by atoms with Crippen LogP contribution in [0.15, 0.2) is 57.4 Å². The molecule has 0 saturated carbocycles. The van der Waals surface area contributed by atoms with Crippen molar-refractivity contribution in [2.45, 2.75) is 20.8 Å². The van der Waals surface area contributed by atoms with Gasteiger partial charge in [0, 0.05) is 15.7 Å².